The van der Waals surface area contributed by atoms with Gasteiger partial charge in [0.2, 0.25) is 0 Å². The summed E-state index contributed by atoms with van der Waals surface area (Å²) in [5.41, 5.74) is 7.36. The van der Waals surface area contributed by atoms with Crippen LogP contribution in [0.5, 0.6) is 0 Å². The monoisotopic (exact) mass is 257 g/mol. The van der Waals surface area contributed by atoms with Crippen molar-refractivity contribution in [1.82, 2.24) is 9.88 Å². The molecule has 3 N–H and O–H groups in total. The summed E-state index contributed by atoms with van der Waals surface area (Å²) >= 11 is 0. The van der Waals surface area contributed by atoms with Crippen molar-refractivity contribution in [3.8, 4) is 0 Å². The minimum absolute atomic E-state index is 0.208. The third kappa shape index (κ3) is 3.22. The maximum Gasteiger partial charge on any atom is 0.251 e. The third-order valence-corrected chi connectivity index (χ3v) is 2.80. The Morgan fingerprint density at radius 3 is 2.58 bits per heavy atom. The largest absolute Gasteiger partial charge is 0.399 e. The molecule has 19 heavy (non-hydrogen) atoms. The van der Waals surface area contributed by atoms with E-state index in [2.05, 4.69) is 5.32 Å². The molecule has 0 saturated heterocycles. The molecule has 2 rings (SSSR count). The molecular weight excluding hydrogens is 242 g/mol. The summed E-state index contributed by atoms with van der Waals surface area (Å²) in [6.07, 6.45) is 1.57. The van der Waals surface area contributed by atoms with Crippen molar-refractivity contribution in [3.05, 3.63) is 64.1 Å². The molecular formula is C14H15N3O2. The van der Waals surface area contributed by atoms with E-state index in [1.165, 1.54) is 10.6 Å². The molecule has 0 fully saturated rings. The average molecular weight is 257 g/mol. The van der Waals surface area contributed by atoms with Crippen LogP contribution in [0.25, 0.3) is 0 Å². The fraction of sp³-hybridized carbons (Fsp3) is 0.143. The second kappa shape index (κ2) is 5.39. The van der Waals surface area contributed by atoms with Crippen molar-refractivity contribution in [2.24, 2.45) is 7.05 Å². The van der Waals surface area contributed by atoms with Gasteiger partial charge in [0.25, 0.3) is 11.5 Å². The molecule has 0 aliphatic heterocycles. The molecule has 0 aliphatic carbocycles. The highest BCUT2D eigenvalue weighted by Crippen LogP contribution is 2.05. The van der Waals surface area contributed by atoms with Gasteiger partial charge in [0.15, 0.2) is 0 Å². The summed E-state index contributed by atoms with van der Waals surface area (Å²) in [5.74, 6) is -0.269. The van der Waals surface area contributed by atoms with E-state index in [0.717, 1.165) is 5.56 Å². The van der Waals surface area contributed by atoms with Crippen LogP contribution in [0.2, 0.25) is 0 Å². The first-order valence-electron chi connectivity index (χ1n) is 5.85. The molecule has 98 valence electrons. The van der Waals surface area contributed by atoms with Gasteiger partial charge in [-0.25, -0.2) is 0 Å². The summed E-state index contributed by atoms with van der Waals surface area (Å²) in [7, 11) is 1.64. The zero-order chi connectivity index (χ0) is 13.8. The van der Waals surface area contributed by atoms with E-state index in [1.54, 1.807) is 31.4 Å². The van der Waals surface area contributed by atoms with Gasteiger partial charge in [-0.05, 0) is 23.8 Å². The number of nitrogens with two attached hydrogens (primary N) is 1. The van der Waals surface area contributed by atoms with Crippen molar-refractivity contribution in [2.45, 2.75) is 6.54 Å². The van der Waals surface area contributed by atoms with Gasteiger partial charge in [-0.15, -0.1) is 0 Å². The zero-order valence-electron chi connectivity index (χ0n) is 10.6. The van der Waals surface area contributed by atoms with Crippen LogP contribution in [0.4, 0.5) is 5.69 Å². The Labute approximate surface area is 110 Å². The first-order valence-corrected chi connectivity index (χ1v) is 5.85. The van der Waals surface area contributed by atoms with Gasteiger partial charge in [-0.2, -0.15) is 0 Å². The highest BCUT2D eigenvalue weighted by Gasteiger charge is 2.06. The summed E-state index contributed by atoms with van der Waals surface area (Å²) in [6.45, 7) is 0.397. The van der Waals surface area contributed by atoms with E-state index in [1.807, 2.05) is 12.1 Å². The molecule has 1 heterocycles. The number of amides is 1. The fourth-order valence-electron chi connectivity index (χ4n) is 1.61. The minimum Gasteiger partial charge on any atom is -0.399 e. The van der Waals surface area contributed by atoms with Gasteiger partial charge in [0.1, 0.15) is 0 Å². The summed E-state index contributed by atoms with van der Waals surface area (Å²) in [5, 5.41) is 2.75. The number of benzene rings is 1. The van der Waals surface area contributed by atoms with Gasteiger partial charge in [-0.3, -0.25) is 9.59 Å². The van der Waals surface area contributed by atoms with Crippen LogP contribution in [0, 0.1) is 0 Å². The molecule has 0 spiro atoms. The number of hydrogen-bond donors (Lipinski definition) is 2. The van der Waals surface area contributed by atoms with E-state index in [9.17, 15) is 9.59 Å². The number of nitrogen functional groups attached to an aromatic ring is 1. The van der Waals surface area contributed by atoms with Crippen LogP contribution in [0.3, 0.4) is 0 Å². The summed E-state index contributed by atoms with van der Waals surface area (Å²) < 4.78 is 1.41. The van der Waals surface area contributed by atoms with E-state index in [-0.39, 0.29) is 11.5 Å². The SMILES string of the molecule is Cn1ccc(C(=O)NCc2ccc(N)cc2)cc1=O. The normalized spacial score (nSPS) is 10.2. The molecule has 0 unspecified atom stereocenters. The first-order chi connectivity index (χ1) is 9.06. The number of pyridine rings is 1. The number of aryl methyl sites for hydroxylation is 1. The maximum atomic E-state index is 11.9. The Morgan fingerprint density at radius 2 is 1.95 bits per heavy atom. The molecule has 0 aliphatic rings. The summed E-state index contributed by atoms with van der Waals surface area (Å²) in [4.78, 5) is 23.3. The molecule has 2 aromatic rings. The zero-order valence-corrected chi connectivity index (χ0v) is 10.6. The Balaban J connectivity index is 2.03. The van der Waals surface area contributed by atoms with Crippen molar-refractivity contribution in [1.29, 1.82) is 0 Å². The highest BCUT2D eigenvalue weighted by atomic mass is 16.2. The predicted molar refractivity (Wildman–Crippen MR) is 73.7 cm³/mol. The Hall–Kier alpha value is -2.56. The smallest absolute Gasteiger partial charge is 0.251 e. The standard InChI is InChI=1S/C14H15N3O2/c1-17-7-6-11(8-13(17)18)14(19)16-9-10-2-4-12(15)5-3-10/h2-8H,9,15H2,1H3,(H,16,19). The molecule has 5 heteroatoms. The molecule has 0 atom stereocenters. The highest BCUT2D eigenvalue weighted by molar-refractivity contribution is 5.93. The molecule has 0 bridgehead atoms. The molecule has 1 aromatic carbocycles. The molecule has 0 radical (unpaired) electrons. The Kier molecular flexibility index (Phi) is 3.66. The van der Waals surface area contributed by atoms with Gasteiger partial charge >= 0.3 is 0 Å². The second-order valence-corrected chi connectivity index (χ2v) is 4.29. The van der Waals surface area contributed by atoms with Crippen molar-refractivity contribution in [3.63, 3.8) is 0 Å². The van der Waals surface area contributed by atoms with Crippen LogP contribution in [-0.2, 0) is 13.6 Å². The molecule has 1 aromatic heterocycles. The van der Waals surface area contributed by atoms with Crippen LogP contribution in [0.1, 0.15) is 15.9 Å². The lowest BCUT2D eigenvalue weighted by Gasteiger charge is -2.06. The third-order valence-electron chi connectivity index (χ3n) is 2.80. The lowest BCUT2D eigenvalue weighted by molar-refractivity contribution is 0.0950. The summed E-state index contributed by atoms with van der Waals surface area (Å²) in [6, 6.07) is 10.2. The maximum absolute atomic E-state index is 11.9. The van der Waals surface area contributed by atoms with E-state index in [4.69, 9.17) is 5.73 Å². The van der Waals surface area contributed by atoms with Gasteiger partial charge < -0.3 is 15.6 Å². The second-order valence-electron chi connectivity index (χ2n) is 4.29. The number of nitrogens with one attached hydrogen (secondary N) is 1. The fourth-order valence-corrected chi connectivity index (χ4v) is 1.61. The van der Waals surface area contributed by atoms with Crippen molar-refractivity contribution >= 4 is 11.6 Å². The van der Waals surface area contributed by atoms with Gasteiger partial charge in [-0.1, -0.05) is 12.1 Å². The lowest BCUT2D eigenvalue weighted by Crippen LogP contribution is -2.25. The molecule has 5 nitrogen and oxygen atoms in total. The van der Waals surface area contributed by atoms with Crippen LogP contribution in [0.15, 0.2) is 47.4 Å². The van der Waals surface area contributed by atoms with Gasteiger partial charge in [0, 0.05) is 37.1 Å². The number of carbonyl (C=O) groups excluding carboxylic acids is 1. The van der Waals surface area contributed by atoms with E-state index in [0.29, 0.717) is 17.8 Å². The van der Waals surface area contributed by atoms with Crippen molar-refractivity contribution < 1.29 is 4.79 Å². The van der Waals surface area contributed by atoms with E-state index < -0.39 is 0 Å². The number of anilines is 1. The number of rotatable bonds is 3. The number of hydrogen-bond acceptors (Lipinski definition) is 3. The minimum atomic E-state index is -0.269. The number of aromatic nitrogens is 1. The van der Waals surface area contributed by atoms with Crippen LogP contribution < -0.4 is 16.6 Å². The average Bonchev–Trinajstić information content (AvgIpc) is 2.41. The Bertz CT molecular complexity index is 644. The van der Waals surface area contributed by atoms with E-state index >= 15 is 0 Å². The number of nitrogens with zero attached hydrogens (tertiary/aromatic N) is 1. The Morgan fingerprint density at radius 1 is 1.26 bits per heavy atom. The van der Waals surface area contributed by atoms with Crippen LogP contribution >= 0.6 is 0 Å². The first kappa shape index (κ1) is 12.9. The number of carbonyl (C=O) groups is 1. The topological polar surface area (TPSA) is 77.1 Å². The lowest BCUT2D eigenvalue weighted by atomic mass is 10.2. The van der Waals surface area contributed by atoms with Crippen molar-refractivity contribution in [2.75, 3.05) is 5.73 Å². The van der Waals surface area contributed by atoms with Crippen LogP contribution in [-0.4, -0.2) is 10.5 Å². The van der Waals surface area contributed by atoms with Gasteiger partial charge in [0.05, 0.1) is 0 Å². The predicted octanol–water partition coefficient (Wildman–Crippen LogP) is 0.898. The molecule has 1 amide bonds. The molecule has 0 saturated carbocycles. The quantitative estimate of drug-likeness (QED) is 0.802.